The zero-order valence-corrected chi connectivity index (χ0v) is 13.6. The second kappa shape index (κ2) is 9.34. The Bertz CT molecular complexity index is 415. The summed E-state index contributed by atoms with van der Waals surface area (Å²) >= 11 is 0. The van der Waals surface area contributed by atoms with Crippen LogP contribution in [0.4, 0.5) is 5.82 Å². The fourth-order valence-electron chi connectivity index (χ4n) is 2.11. The van der Waals surface area contributed by atoms with Crippen LogP contribution in [0.25, 0.3) is 0 Å². The van der Waals surface area contributed by atoms with E-state index in [9.17, 15) is 4.79 Å². The summed E-state index contributed by atoms with van der Waals surface area (Å²) in [6.07, 6.45) is 2.67. The summed E-state index contributed by atoms with van der Waals surface area (Å²) in [6.45, 7) is 12.1. The average molecular weight is 292 g/mol. The molecule has 1 amide bonds. The topological polar surface area (TPSA) is 57.3 Å². The Hall–Kier alpha value is -1.62. The molecule has 1 aromatic heterocycles. The van der Waals surface area contributed by atoms with Gasteiger partial charge in [-0.05, 0) is 38.6 Å². The standard InChI is InChI=1S/C16H28N4O/c1-5-10-17-15-9-8-14(11-18-15)16(21)19-13(4)12-20(6-2)7-3/h8-9,11,13H,5-7,10,12H2,1-4H3,(H,17,18)(H,19,21). The molecule has 2 N–H and O–H groups in total. The summed E-state index contributed by atoms with van der Waals surface area (Å²) in [5.41, 5.74) is 0.600. The number of anilines is 1. The Morgan fingerprint density at radius 2 is 2.00 bits per heavy atom. The molecule has 0 saturated carbocycles. The quantitative estimate of drug-likeness (QED) is 0.733. The fourth-order valence-corrected chi connectivity index (χ4v) is 2.11. The molecule has 5 heteroatoms. The number of likely N-dealkylation sites (N-methyl/N-ethyl adjacent to an activating group) is 1. The van der Waals surface area contributed by atoms with E-state index in [-0.39, 0.29) is 11.9 Å². The predicted molar refractivity (Wildman–Crippen MR) is 87.7 cm³/mol. The number of carbonyl (C=O) groups excluding carboxylic acids is 1. The van der Waals surface area contributed by atoms with Gasteiger partial charge in [-0.3, -0.25) is 4.79 Å². The Labute approximate surface area is 128 Å². The van der Waals surface area contributed by atoms with Crippen molar-refractivity contribution < 1.29 is 4.79 Å². The lowest BCUT2D eigenvalue weighted by Crippen LogP contribution is -2.41. The van der Waals surface area contributed by atoms with Gasteiger partial charge in [-0.2, -0.15) is 0 Å². The van der Waals surface area contributed by atoms with Crippen LogP contribution < -0.4 is 10.6 Å². The van der Waals surface area contributed by atoms with Gasteiger partial charge in [-0.1, -0.05) is 20.8 Å². The minimum absolute atomic E-state index is 0.0656. The predicted octanol–water partition coefficient (Wildman–Crippen LogP) is 2.36. The van der Waals surface area contributed by atoms with Crippen molar-refractivity contribution >= 4 is 11.7 Å². The molecule has 118 valence electrons. The smallest absolute Gasteiger partial charge is 0.253 e. The van der Waals surface area contributed by atoms with Crippen molar-refractivity contribution in [1.29, 1.82) is 0 Å². The highest BCUT2D eigenvalue weighted by Crippen LogP contribution is 2.05. The van der Waals surface area contributed by atoms with E-state index in [4.69, 9.17) is 0 Å². The molecular formula is C16H28N4O. The Morgan fingerprint density at radius 3 is 2.52 bits per heavy atom. The molecule has 0 spiro atoms. The number of carbonyl (C=O) groups is 1. The second-order valence-corrected chi connectivity index (χ2v) is 5.22. The largest absolute Gasteiger partial charge is 0.370 e. The first kappa shape index (κ1) is 17.4. The van der Waals surface area contributed by atoms with Gasteiger partial charge in [-0.25, -0.2) is 4.98 Å². The molecular weight excluding hydrogens is 264 g/mol. The normalized spacial score (nSPS) is 12.2. The van der Waals surface area contributed by atoms with Gasteiger partial charge in [0.2, 0.25) is 0 Å². The zero-order chi connectivity index (χ0) is 15.7. The molecule has 0 aliphatic carbocycles. The summed E-state index contributed by atoms with van der Waals surface area (Å²) < 4.78 is 0. The van der Waals surface area contributed by atoms with Gasteiger partial charge in [0, 0.05) is 25.3 Å². The van der Waals surface area contributed by atoms with E-state index in [0.717, 1.165) is 38.4 Å². The van der Waals surface area contributed by atoms with Crippen molar-refractivity contribution in [2.45, 2.75) is 40.2 Å². The minimum Gasteiger partial charge on any atom is -0.370 e. The summed E-state index contributed by atoms with van der Waals surface area (Å²) in [7, 11) is 0. The first-order valence-electron chi connectivity index (χ1n) is 7.83. The minimum atomic E-state index is -0.0656. The number of rotatable bonds is 9. The molecule has 0 radical (unpaired) electrons. The molecule has 1 atom stereocenters. The van der Waals surface area contributed by atoms with Crippen LogP contribution in [0, 0.1) is 0 Å². The van der Waals surface area contributed by atoms with Crippen molar-refractivity contribution in [3.63, 3.8) is 0 Å². The summed E-state index contributed by atoms with van der Waals surface area (Å²) in [5, 5.41) is 6.21. The number of nitrogens with zero attached hydrogens (tertiary/aromatic N) is 2. The van der Waals surface area contributed by atoms with E-state index in [1.807, 2.05) is 19.1 Å². The van der Waals surface area contributed by atoms with E-state index in [1.165, 1.54) is 0 Å². The first-order valence-corrected chi connectivity index (χ1v) is 7.83. The van der Waals surface area contributed by atoms with Gasteiger partial charge < -0.3 is 15.5 Å². The number of amides is 1. The third-order valence-electron chi connectivity index (χ3n) is 3.39. The van der Waals surface area contributed by atoms with Crippen LogP contribution in [-0.2, 0) is 0 Å². The third kappa shape index (κ3) is 6.12. The molecule has 0 bridgehead atoms. The number of hydrogen-bond acceptors (Lipinski definition) is 4. The molecule has 1 unspecified atom stereocenters. The maximum absolute atomic E-state index is 12.1. The van der Waals surface area contributed by atoms with Gasteiger partial charge in [0.25, 0.3) is 5.91 Å². The van der Waals surface area contributed by atoms with E-state index >= 15 is 0 Å². The fraction of sp³-hybridized carbons (Fsp3) is 0.625. The van der Waals surface area contributed by atoms with Crippen molar-refractivity contribution in [2.75, 3.05) is 31.5 Å². The van der Waals surface area contributed by atoms with E-state index in [2.05, 4.69) is 41.3 Å². The van der Waals surface area contributed by atoms with Gasteiger partial charge >= 0.3 is 0 Å². The van der Waals surface area contributed by atoms with Crippen LogP contribution in [0.5, 0.6) is 0 Å². The van der Waals surface area contributed by atoms with Crippen LogP contribution in [-0.4, -0.2) is 48.0 Å². The average Bonchev–Trinajstić information content (AvgIpc) is 2.50. The van der Waals surface area contributed by atoms with Crippen LogP contribution in [0.3, 0.4) is 0 Å². The SMILES string of the molecule is CCCNc1ccc(C(=O)NC(C)CN(CC)CC)cn1. The highest BCUT2D eigenvalue weighted by atomic mass is 16.1. The molecule has 0 saturated heterocycles. The summed E-state index contributed by atoms with van der Waals surface area (Å²) in [4.78, 5) is 18.7. The Balaban J connectivity index is 2.51. The molecule has 0 fully saturated rings. The summed E-state index contributed by atoms with van der Waals surface area (Å²) in [5.74, 6) is 0.744. The van der Waals surface area contributed by atoms with E-state index in [1.54, 1.807) is 6.20 Å². The van der Waals surface area contributed by atoms with Crippen LogP contribution >= 0.6 is 0 Å². The van der Waals surface area contributed by atoms with Crippen LogP contribution in [0.15, 0.2) is 18.3 Å². The number of nitrogens with one attached hydrogen (secondary N) is 2. The van der Waals surface area contributed by atoms with Crippen LogP contribution in [0.1, 0.15) is 44.5 Å². The number of hydrogen-bond donors (Lipinski definition) is 2. The number of pyridine rings is 1. The molecule has 1 rings (SSSR count). The molecule has 5 nitrogen and oxygen atoms in total. The maximum atomic E-state index is 12.1. The Morgan fingerprint density at radius 1 is 1.29 bits per heavy atom. The van der Waals surface area contributed by atoms with Crippen molar-refractivity contribution in [2.24, 2.45) is 0 Å². The Kier molecular flexibility index (Phi) is 7.75. The monoisotopic (exact) mass is 292 g/mol. The third-order valence-corrected chi connectivity index (χ3v) is 3.39. The van der Waals surface area contributed by atoms with E-state index in [0.29, 0.717) is 5.56 Å². The number of aromatic nitrogens is 1. The molecule has 1 heterocycles. The molecule has 0 aliphatic heterocycles. The maximum Gasteiger partial charge on any atom is 0.253 e. The second-order valence-electron chi connectivity index (χ2n) is 5.22. The van der Waals surface area contributed by atoms with Gasteiger partial charge in [-0.15, -0.1) is 0 Å². The lowest BCUT2D eigenvalue weighted by atomic mass is 10.2. The van der Waals surface area contributed by atoms with Gasteiger partial charge in [0.15, 0.2) is 0 Å². The molecule has 0 aromatic carbocycles. The lowest BCUT2D eigenvalue weighted by Gasteiger charge is -2.23. The molecule has 0 aliphatic rings. The van der Waals surface area contributed by atoms with Crippen molar-refractivity contribution in [3.8, 4) is 0 Å². The van der Waals surface area contributed by atoms with Crippen molar-refractivity contribution in [3.05, 3.63) is 23.9 Å². The zero-order valence-electron chi connectivity index (χ0n) is 13.6. The highest BCUT2D eigenvalue weighted by molar-refractivity contribution is 5.94. The highest BCUT2D eigenvalue weighted by Gasteiger charge is 2.12. The first-order chi connectivity index (χ1) is 10.1. The lowest BCUT2D eigenvalue weighted by molar-refractivity contribution is 0.0930. The van der Waals surface area contributed by atoms with Crippen LogP contribution in [0.2, 0.25) is 0 Å². The van der Waals surface area contributed by atoms with Gasteiger partial charge in [0.05, 0.1) is 5.56 Å². The summed E-state index contributed by atoms with van der Waals surface area (Å²) in [6, 6.07) is 3.78. The molecule has 1 aromatic rings. The van der Waals surface area contributed by atoms with E-state index < -0.39 is 0 Å². The van der Waals surface area contributed by atoms with Gasteiger partial charge in [0.1, 0.15) is 5.82 Å². The van der Waals surface area contributed by atoms with Crippen molar-refractivity contribution in [1.82, 2.24) is 15.2 Å². The molecule has 21 heavy (non-hydrogen) atoms.